The van der Waals surface area contributed by atoms with Crippen molar-refractivity contribution in [2.45, 2.75) is 6.92 Å². The predicted molar refractivity (Wildman–Crippen MR) is 54.7 cm³/mol. The van der Waals surface area contributed by atoms with Gasteiger partial charge in [-0.3, -0.25) is 9.59 Å². The second-order valence-corrected chi connectivity index (χ2v) is 3.90. The van der Waals surface area contributed by atoms with Crippen molar-refractivity contribution in [1.29, 1.82) is 0 Å². The Bertz CT molecular complexity index is 318. The maximum absolute atomic E-state index is 11.1. The van der Waals surface area contributed by atoms with Gasteiger partial charge in [0.1, 0.15) is 30.6 Å². The molecule has 0 aliphatic heterocycles. The molecule has 0 heterocycles. The molecule has 0 aliphatic carbocycles. The number of rotatable bonds is 8. The molecule has 6 nitrogen and oxygen atoms in total. The van der Waals surface area contributed by atoms with Crippen LogP contribution >= 0.6 is 0 Å². The van der Waals surface area contributed by atoms with E-state index in [0.717, 1.165) is 6.92 Å². The largest absolute Gasteiger partial charge is 0.302 e. The Morgan fingerprint density at radius 2 is 1.06 bits per heavy atom. The third-order valence-electron chi connectivity index (χ3n) is 2.94. The summed E-state index contributed by atoms with van der Waals surface area (Å²) in [5.41, 5.74) is -6.92. The lowest BCUT2D eigenvalue weighted by Crippen LogP contribution is -2.57. The number of hydrogen-bond acceptors (Lipinski definition) is 6. The molecule has 0 amide bonds. The SMILES string of the molecule is [CH2+]C(C=O)(C=O)C(C=O)(C=O)C(C)(C=O)C=O. The Labute approximate surface area is 97.4 Å². The van der Waals surface area contributed by atoms with Crippen LogP contribution in [0.4, 0.5) is 0 Å². The summed E-state index contributed by atoms with van der Waals surface area (Å²) in [6, 6.07) is 0. The van der Waals surface area contributed by atoms with Crippen LogP contribution in [-0.2, 0) is 28.8 Å². The molecule has 0 aromatic heterocycles. The van der Waals surface area contributed by atoms with E-state index in [1.807, 2.05) is 0 Å². The quantitative estimate of drug-likeness (QED) is 0.305. The minimum atomic E-state index is -2.45. The van der Waals surface area contributed by atoms with E-state index < -0.39 is 16.2 Å². The first kappa shape index (κ1) is 14.9. The molecular formula is C11H11O6+. The van der Waals surface area contributed by atoms with E-state index in [2.05, 4.69) is 6.92 Å². The fraction of sp³-hybridized carbons (Fsp3) is 0.364. The first-order valence-electron chi connectivity index (χ1n) is 4.50. The summed E-state index contributed by atoms with van der Waals surface area (Å²) in [7, 11) is 0. The summed E-state index contributed by atoms with van der Waals surface area (Å²) >= 11 is 0. The normalized spacial score (nSPS) is 12.3. The van der Waals surface area contributed by atoms with Crippen molar-refractivity contribution in [1.82, 2.24) is 0 Å². The van der Waals surface area contributed by atoms with Crippen LogP contribution in [0.5, 0.6) is 0 Å². The number of carbonyl (C=O) groups excluding carboxylic acids is 6. The molecule has 0 spiro atoms. The summed E-state index contributed by atoms with van der Waals surface area (Å²) in [5.74, 6) is 0. The monoisotopic (exact) mass is 239 g/mol. The van der Waals surface area contributed by atoms with E-state index in [-0.39, 0.29) is 37.7 Å². The van der Waals surface area contributed by atoms with Crippen molar-refractivity contribution in [3.05, 3.63) is 6.92 Å². The van der Waals surface area contributed by atoms with Gasteiger partial charge in [-0.15, -0.1) is 0 Å². The van der Waals surface area contributed by atoms with E-state index >= 15 is 0 Å². The van der Waals surface area contributed by atoms with Gasteiger partial charge in [0, 0.05) is 0 Å². The molecule has 0 unspecified atom stereocenters. The maximum Gasteiger partial charge on any atom is 0.234 e. The predicted octanol–water partition coefficient (Wildman–Crippen LogP) is -1.01. The number of aldehydes is 6. The third kappa shape index (κ3) is 1.71. The molecule has 6 heteroatoms. The molecule has 0 radical (unpaired) electrons. The van der Waals surface area contributed by atoms with Crippen LogP contribution in [-0.4, -0.2) is 37.7 Å². The van der Waals surface area contributed by atoms with Crippen molar-refractivity contribution in [2.24, 2.45) is 16.2 Å². The summed E-state index contributed by atoms with van der Waals surface area (Å²) in [6.45, 7) is 4.14. The molecule has 0 fully saturated rings. The summed E-state index contributed by atoms with van der Waals surface area (Å²) < 4.78 is 0. The Hall–Kier alpha value is -2.11. The molecular weight excluding hydrogens is 228 g/mol. The van der Waals surface area contributed by atoms with Crippen LogP contribution in [0.2, 0.25) is 0 Å². The minimum Gasteiger partial charge on any atom is -0.302 e. The lowest BCUT2D eigenvalue weighted by molar-refractivity contribution is -0.158. The Morgan fingerprint density at radius 1 is 0.706 bits per heavy atom. The Kier molecular flexibility index (Phi) is 4.22. The average molecular weight is 239 g/mol. The zero-order chi connectivity index (χ0) is 13.7. The summed E-state index contributed by atoms with van der Waals surface area (Å²) in [5, 5.41) is 0. The summed E-state index contributed by atoms with van der Waals surface area (Å²) in [6.07, 6.45) is -0.134. The maximum atomic E-state index is 11.1. The molecule has 0 aromatic carbocycles. The molecule has 0 bridgehead atoms. The molecule has 0 saturated heterocycles. The van der Waals surface area contributed by atoms with Gasteiger partial charge >= 0.3 is 0 Å². The van der Waals surface area contributed by atoms with E-state index in [4.69, 9.17) is 0 Å². The van der Waals surface area contributed by atoms with Gasteiger partial charge in [0.15, 0.2) is 18.0 Å². The second-order valence-electron chi connectivity index (χ2n) is 3.90. The van der Waals surface area contributed by atoms with Gasteiger partial charge in [0.05, 0.1) is 6.92 Å². The van der Waals surface area contributed by atoms with Crippen LogP contribution in [0.25, 0.3) is 0 Å². The molecule has 0 aromatic rings. The van der Waals surface area contributed by atoms with Gasteiger partial charge in [-0.05, 0) is 6.92 Å². The topological polar surface area (TPSA) is 102 Å². The highest BCUT2D eigenvalue weighted by molar-refractivity contribution is 6.07. The highest BCUT2D eigenvalue weighted by Gasteiger charge is 2.65. The standard InChI is InChI=1S/C11H11O6/c1-9(3-12,4-13)11(7-16,8-17)10(2,5-14)6-15/h3-8H,1H2,2H3/q+1. The highest BCUT2D eigenvalue weighted by Crippen LogP contribution is 2.45. The van der Waals surface area contributed by atoms with E-state index in [9.17, 15) is 28.8 Å². The van der Waals surface area contributed by atoms with Crippen molar-refractivity contribution in [3.63, 3.8) is 0 Å². The van der Waals surface area contributed by atoms with Crippen molar-refractivity contribution in [3.8, 4) is 0 Å². The zero-order valence-corrected chi connectivity index (χ0v) is 9.12. The molecule has 0 rings (SSSR count). The number of hydrogen-bond donors (Lipinski definition) is 0. The van der Waals surface area contributed by atoms with Gasteiger partial charge in [0.25, 0.3) is 0 Å². The second kappa shape index (κ2) is 4.82. The lowest BCUT2D eigenvalue weighted by atomic mass is 9.54. The average Bonchev–Trinajstić information content (AvgIpc) is 2.39. The van der Waals surface area contributed by atoms with Crippen LogP contribution in [0.15, 0.2) is 0 Å². The smallest absolute Gasteiger partial charge is 0.234 e. The van der Waals surface area contributed by atoms with Gasteiger partial charge in [-0.25, -0.2) is 0 Å². The summed E-state index contributed by atoms with van der Waals surface area (Å²) in [4.78, 5) is 65.7. The van der Waals surface area contributed by atoms with Gasteiger partial charge < -0.3 is 19.2 Å². The van der Waals surface area contributed by atoms with E-state index in [1.165, 1.54) is 0 Å². The highest BCUT2D eigenvalue weighted by atomic mass is 16.2. The minimum absolute atomic E-state index is 0.0337. The Balaban J connectivity index is 6.29. The molecule has 0 atom stereocenters. The van der Waals surface area contributed by atoms with Crippen LogP contribution in [0, 0.1) is 23.2 Å². The fourth-order valence-electron chi connectivity index (χ4n) is 1.45. The van der Waals surface area contributed by atoms with Crippen LogP contribution in [0.3, 0.4) is 0 Å². The number of carbonyl (C=O) groups is 6. The van der Waals surface area contributed by atoms with Crippen LogP contribution < -0.4 is 0 Å². The molecule has 90 valence electrons. The third-order valence-corrected chi connectivity index (χ3v) is 2.94. The lowest BCUT2D eigenvalue weighted by Gasteiger charge is -2.36. The van der Waals surface area contributed by atoms with Crippen molar-refractivity contribution >= 4 is 37.7 Å². The molecule has 0 N–H and O–H groups in total. The molecule has 17 heavy (non-hydrogen) atoms. The van der Waals surface area contributed by atoms with Gasteiger partial charge in [0.2, 0.25) is 5.41 Å². The molecule has 0 aliphatic rings. The van der Waals surface area contributed by atoms with Gasteiger partial charge in [-0.1, -0.05) is 0 Å². The van der Waals surface area contributed by atoms with E-state index in [1.54, 1.807) is 0 Å². The Morgan fingerprint density at radius 3 is 1.24 bits per heavy atom. The van der Waals surface area contributed by atoms with Crippen molar-refractivity contribution in [2.75, 3.05) is 0 Å². The van der Waals surface area contributed by atoms with Crippen LogP contribution in [0.1, 0.15) is 6.92 Å². The molecule has 0 saturated carbocycles. The first-order valence-corrected chi connectivity index (χ1v) is 4.50. The zero-order valence-electron chi connectivity index (χ0n) is 9.12. The first-order chi connectivity index (χ1) is 7.86. The van der Waals surface area contributed by atoms with Crippen molar-refractivity contribution < 1.29 is 28.8 Å². The van der Waals surface area contributed by atoms with Gasteiger partial charge in [-0.2, -0.15) is 0 Å². The fourth-order valence-corrected chi connectivity index (χ4v) is 1.45. The van der Waals surface area contributed by atoms with E-state index in [0.29, 0.717) is 0 Å².